The lowest BCUT2D eigenvalue weighted by Gasteiger charge is -1.97. The van der Waals surface area contributed by atoms with E-state index in [0.29, 0.717) is 0 Å². The van der Waals surface area contributed by atoms with Gasteiger partial charge in [-0.2, -0.15) is 0 Å². The summed E-state index contributed by atoms with van der Waals surface area (Å²) in [6.07, 6.45) is 2.38. The van der Waals surface area contributed by atoms with E-state index in [4.69, 9.17) is 0 Å². The van der Waals surface area contributed by atoms with Gasteiger partial charge in [0.25, 0.3) is 0 Å². The topological polar surface area (TPSA) is 37.8 Å². The first-order chi connectivity index (χ1) is 5.33. The van der Waals surface area contributed by atoms with Crippen LogP contribution in [0, 0.1) is 0 Å². The first kappa shape index (κ1) is 8.93. The minimum absolute atomic E-state index is 0.830. The SMILES string of the molecule is CCCCNc1nnc(Br)s1. The van der Waals surface area contributed by atoms with E-state index in [1.54, 1.807) is 0 Å². The van der Waals surface area contributed by atoms with Crippen LogP contribution in [0.2, 0.25) is 0 Å². The molecule has 11 heavy (non-hydrogen) atoms. The molecular formula is C6H10BrN3S. The Morgan fingerprint density at radius 1 is 1.55 bits per heavy atom. The van der Waals surface area contributed by atoms with Crippen LogP contribution in [0.4, 0.5) is 5.13 Å². The van der Waals surface area contributed by atoms with Crippen LogP contribution >= 0.6 is 27.3 Å². The van der Waals surface area contributed by atoms with Gasteiger partial charge >= 0.3 is 0 Å². The molecule has 1 aromatic heterocycles. The van der Waals surface area contributed by atoms with Crippen molar-refractivity contribution in [1.82, 2.24) is 10.2 Å². The van der Waals surface area contributed by atoms with E-state index in [1.807, 2.05) is 0 Å². The van der Waals surface area contributed by atoms with Crippen molar-refractivity contribution in [3.05, 3.63) is 3.92 Å². The Morgan fingerprint density at radius 2 is 2.36 bits per heavy atom. The van der Waals surface area contributed by atoms with Crippen LogP contribution in [0.15, 0.2) is 3.92 Å². The van der Waals surface area contributed by atoms with Crippen molar-refractivity contribution in [3.63, 3.8) is 0 Å². The molecule has 0 spiro atoms. The van der Waals surface area contributed by atoms with Crippen LogP contribution in [0.5, 0.6) is 0 Å². The highest BCUT2D eigenvalue weighted by Gasteiger charge is 1.97. The van der Waals surface area contributed by atoms with Gasteiger partial charge in [-0.3, -0.25) is 0 Å². The molecule has 0 bridgehead atoms. The predicted molar refractivity (Wildman–Crippen MR) is 51.0 cm³/mol. The van der Waals surface area contributed by atoms with Crippen molar-refractivity contribution < 1.29 is 0 Å². The molecule has 0 saturated carbocycles. The molecule has 1 aromatic rings. The van der Waals surface area contributed by atoms with Gasteiger partial charge in [-0.15, -0.1) is 10.2 Å². The standard InChI is InChI=1S/C6H10BrN3S/c1-2-3-4-8-6-10-9-5(7)11-6/h2-4H2,1H3,(H,8,10). The van der Waals surface area contributed by atoms with E-state index >= 15 is 0 Å². The first-order valence-electron chi connectivity index (χ1n) is 3.56. The fourth-order valence-electron chi connectivity index (χ4n) is 0.649. The summed E-state index contributed by atoms with van der Waals surface area (Å²) in [4.78, 5) is 0. The maximum atomic E-state index is 3.90. The lowest BCUT2D eigenvalue weighted by molar-refractivity contribution is 0.831. The maximum Gasteiger partial charge on any atom is 0.206 e. The number of nitrogens with one attached hydrogen (secondary N) is 1. The van der Waals surface area contributed by atoms with Crippen molar-refractivity contribution in [2.75, 3.05) is 11.9 Å². The second-order valence-electron chi connectivity index (χ2n) is 2.14. The number of aromatic nitrogens is 2. The number of rotatable bonds is 4. The van der Waals surface area contributed by atoms with Crippen LogP contribution in [-0.4, -0.2) is 16.7 Å². The fraction of sp³-hybridized carbons (Fsp3) is 0.667. The molecule has 5 heteroatoms. The summed E-state index contributed by atoms with van der Waals surface area (Å²) in [6, 6.07) is 0. The van der Waals surface area contributed by atoms with E-state index < -0.39 is 0 Å². The maximum absolute atomic E-state index is 3.90. The molecule has 0 atom stereocenters. The van der Waals surface area contributed by atoms with E-state index in [0.717, 1.165) is 15.6 Å². The zero-order valence-electron chi connectivity index (χ0n) is 6.30. The quantitative estimate of drug-likeness (QED) is 0.816. The third-order valence-corrected chi connectivity index (χ3v) is 2.52. The second kappa shape index (κ2) is 4.66. The van der Waals surface area contributed by atoms with Crippen LogP contribution in [0.3, 0.4) is 0 Å². The monoisotopic (exact) mass is 235 g/mol. The minimum Gasteiger partial charge on any atom is -0.360 e. The summed E-state index contributed by atoms with van der Waals surface area (Å²) in [6.45, 7) is 3.15. The molecule has 0 unspecified atom stereocenters. The minimum atomic E-state index is 0.830. The van der Waals surface area contributed by atoms with E-state index in [2.05, 4.69) is 38.4 Å². The Bertz CT molecular complexity index is 213. The molecule has 0 saturated heterocycles. The van der Waals surface area contributed by atoms with Crippen molar-refractivity contribution in [1.29, 1.82) is 0 Å². The molecule has 0 aliphatic carbocycles. The van der Waals surface area contributed by atoms with Gasteiger partial charge in [0, 0.05) is 6.54 Å². The number of hydrogen-bond acceptors (Lipinski definition) is 4. The number of nitrogens with zero attached hydrogens (tertiary/aromatic N) is 2. The summed E-state index contributed by atoms with van der Waals surface area (Å²) >= 11 is 4.77. The molecule has 1 heterocycles. The predicted octanol–water partition coefficient (Wildman–Crippen LogP) is 2.51. The lowest BCUT2D eigenvalue weighted by Crippen LogP contribution is -1.99. The van der Waals surface area contributed by atoms with E-state index in [1.165, 1.54) is 24.2 Å². The zero-order valence-corrected chi connectivity index (χ0v) is 8.70. The van der Waals surface area contributed by atoms with Crippen LogP contribution < -0.4 is 5.32 Å². The Morgan fingerprint density at radius 3 is 2.91 bits per heavy atom. The van der Waals surface area contributed by atoms with E-state index in [-0.39, 0.29) is 0 Å². The van der Waals surface area contributed by atoms with Crippen molar-refractivity contribution in [3.8, 4) is 0 Å². The Balaban J connectivity index is 2.27. The number of hydrogen-bond donors (Lipinski definition) is 1. The molecule has 0 fully saturated rings. The summed E-state index contributed by atoms with van der Waals surface area (Å²) in [7, 11) is 0. The molecule has 0 aliphatic heterocycles. The average Bonchev–Trinajstić information content (AvgIpc) is 2.37. The van der Waals surface area contributed by atoms with E-state index in [9.17, 15) is 0 Å². The summed E-state index contributed by atoms with van der Waals surface area (Å²) in [5.41, 5.74) is 0. The third-order valence-electron chi connectivity index (χ3n) is 1.21. The molecular weight excluding hydrogens is 226 g/mol. The Hall–Kier alpha value is -0.160. The van der Waals surface area contributed by atoms with Crippen molar-refractivity contribution in [2.24, 2.45) is 0 Å². The van der Waals surface area contributed by atoms with Gasteiger partial charge in [0.05, 0.1) is 0 Å². The van der Waals surface area contributed by atoms with Crippen LogP contribution in [0.1, 0.15) is 19.8 Å². The van der Waals surface area contributed by atoms with Gasteiger partial charge in [-0.25, -0.2) is 0 Å². The van der Waals surface area contributed by atoms with Crippen molar-refractivity contribution in [2.45, 2.75) is 19.8 Å². The number of halogens is 1. The number of unbranched alkanes of at least 4 members (excludes halogenated alkanes) is 1. The molecule has 0 radical (unpaired) electrons. The highest BCUT2D eigenvalue weighted by molar-refractivity contribution is 9.11. The normalized spacial score (nSPS) is 10.0. The van der Waals surface area contributed by atoms with Gasteiger partial charge in [0.2, 0.25) is 5.13 Å². The highest BCUT2D eigenvalue weighted by atomic mass is 79.9. The second-order valence-corrected chi connectivity index (χ2v) is 4.39. The molecule has 0 amide bonds. The number of anilines is 1. The summed E-state index contributed by atoms with van der Waals surface area (Å²) < 4.78 is 0.830. The molecule has 62 valence electrons. The molecule has 1 N–H and O–H groups in total. The first-order valence-corrected chi connectivity index (χ1v) is 5.16. The van der Waals surface area contributed by atoms with Crippen molar-refractivity contribution >= 4 is 32.4 Å². The Kier molecular flexibility index (Phi) is 3.79. The van der Waals surface area contributed by atoms with Gasteiger partial charge in [0.15, 0.2) is 3.92 Å². The smallest absolute Gasteiger partial charge is 0.206 e. The highest BCUT2D eigenvalue weighted by Crippen LogP contribution is 2.19. The third kappa shape index (κ3) is 3.16. The van der Waals surface area contributed by atoms with Crippen LogP contribution in [-0.2, 0) is 0 Å². The Labute approximate surface area is 78.4 Å². The average molecular weight is 236 g/mol. The summed E-state index contributed by atoms with van der Waals surface area (Å²) in [5.74, 6) is 0. The lowest BCUT2D eigenvalue weighted by atomic mass is 10.3. The van der Waals surface area contributed by atoms with Gasteiger partial charge in [-0.05, 0) is 22.4 Å². The molecule has 3 nitrogen and oxygen atoms in total. The van der Waals surface area contributed by atoms with Gasteiger partial charge in [-0.1, -0.05) is 24.7 Å². The van der Waals surface area contributed by atoms with Crippen LogP contribution in [0.25, 0.3) is 0 Å². The zero-order chi connectivity index (χ0) is 8.10. The summed E-state index contributed by atoms with van der Waals surface area (Å²) in [5, 5.41) is 11.8. The largest absolute Gasteiger partial charge is 0.360 e. The van der Waals surface area contributed by atoms with Gasteiger partial charge < -0.3 is 5.32 Å². The molecule has 0 aromatic carbocycles. The molecule has 1 rings (SSSR count). The van der Waals surface area contributed by atoms with Gasteiger partial charge in [0.1, 0.15) is 0 Å². The molecule has 0 aliphatic rings. The fourth-order valence-corrected chi connectivity index (χ4v) is 1.69.